The van der Waals surface area contributed by atoms with Crippen LogP contribution < -0.4 is 10.2 Å². The fourth-order valence-electron chi connectivity index (χ4n) is 1.95. The van der Waals surface area contributed by atoms with E-state index in [4.69, 9.17) is 0 Å². The Kier molecular flexibility index (Phi) is 28.3. The quantitative estimate of drug-likeness (QED) is 0.388. The Morgan fingerprint density at radius 1 is 0.571 bits per heavy atom. The summed E-state index contributed by atoms with van der Waals surface area (Å²) in [5.74, 6) is 0. The van der Waals surface area contributed by atoms with Gasteiger partial charge in [-0.15, -0.1) is 13.2 Å². The van der Waals surface area contributed by atoms with Crippen LogP contribution in [0.3, 0.4) is 0 Å². The van der Waals surface area contributed by atoms with E-state index in [1.54, 1.807) is 0 Å². The van der Waals surface area contributed by atoms with Gasteiger partial charge in [0.2, 0.25) is 0 Å². The largest absolute Gasteiger partial charge is 2.00 e. The summed E-state index contributed by atoms with van der Waals surface area (Å²) in [4.78, 5) is 4.69. The van der Waals surface area contributed by atoms with E-state index in [0.29, 0.717) is 0 Å². The Labute approximate surface area is 143 Å². The average Bonchev–Trinajstić information content (AvgIpc) is 2.49. The number of unbranched alkanes of at least 4 members (excludes halogenated alkanes) is 2. The predicted octanol–water partition coefficient (Wildman–Crippen LogP) is 0.935. The second kappa shape index (κ2) is 22.6. The summed E-state index contributed by atoms with van der Waals surface area (Å²) >= 11 is 0. The van der Waals surface area contributed by atoms with E-state index in [-0.39, 0.29) is 30.3 Å². The molecule has 0 saturated heterocycles. The van der Waals surface area contributed by atoms with E-state index in [0.717, 1.165) is 65.0 Å². The third-order valence-corrected chi connectivity index (χ3v) is 3.53. The summed E-state index contributed by atoms with van der Waals surface area (Å²) in [7, 11) is 0. The van der Waals surface area contributed by atoms with Crippen LogP contribution in [0.15, 0.2) is 0 Å². The fraction of sp³-hybridized carbons (Fsp3) is 1.00. The van der Waals surface area contributed by atoms with Crippen molar-refractivity contribution >= 4 is 0 Å². The second-order valence-corrected chi connectivity index (χ2v) is 4.88. The van der Waals surface area contributed by atoms with Crippen molar-refractivity contribution in [2.75, 3.05) is 52.5 Å². The zero-order valence-corrected chi connectivity index (χ0v) is 15.4. The molecule has 0 fully saturated rings. The number of hydrogen-bond donors (Lipinski definition) is 0. The van der Waals surface area contributed by atoms with Crippen molar-refractivity contribution in [3.63, 3.8) is 0 Å². The maximum Gasteiger partial charge on any atom is 2.00 e. The first-order valence-electron chi connectivity index (χ1n) is 8.30. The summed E-state index contributed by atoms with van der Waals surface area (Å²) in [5, 5.41) is 20.1. The zero-order valence-electron chi connectivity index (χ0n) is 14.5. The first-order valence-corrected chi connectivity index (χ1v) is 8.30. The van der Waals surface area contributed by atoms with Crippen LogP contribution in [0, 0.1) is 0 Å². The molecule has 21 heavy (non-hydrogen) atoms. The van der Waals surface area contributed by atoms with Crippen LogP contribution in [0.5, 0.6) is 0 Å². The van der Waals surface area contributed by atoms with Crippen LogP contribution in [-0.4, -0.2) is 62.3 Å². The van der Waals surface area contributed by atoms with Gasteiger partial charge in [-0.1, -0.05) is 40.5 Å². The van der Waals surface area contributed by atoms with Crippen LogP contribution in [0.1, 0.15) is 53.4 Å². The van der Waals surface area contributed by atoms with E-state index in [1.165, 1.54) is 0 Å². The molecule has 0 spiro atoms. The van der Waals surface area contributed by atoms with Gasteiger partial charge in [0.15, 0.2) is 0 Å². The molecular weight excluding hydrogens is 316 g/mol. The normalized spacial score (nSPS) is 10.3. The van der Waals surface area contributed by atoms with Crippen molar-refractivity contribution in [1.82, 2.24) is 9.80 Å². The summed E-state index contributed by atoms with van der Waals surface area (Å²) < 4.78 is 0. The van der Waals surface area contributed by atoms with Crippen LogP contribution in [0.2, 0.25) is 0 Å². The molecule has 0 heterocycles. The molecule has 0 aliphatic heterocycles. The van der Waals surface area contributed by atoms with Gasteiger partial charge in [-0.05, 0) is 52.1 Å². The Hall–Kier alpha value is 0.359. The minimum absolute atomic E-state index is 0. The zero-order chi connectivity index (χ0) is 15.6. The molecular formula is C16H36CuN2O2. The van der Waals surface area contributed by atoms with Gasteiger partial charge in [-0.25, -0.2) is 0 Å². The van der Waals surface area contributed by atoms with Gasteiger partial charge in [0.1, 0.15) is 0 Å². The first-order chi connectivity index (χ1) is 9.69. The molecule has 0 aliphatic carbocycles. The minimum atomic E-state index is 0. The Bertz CT molecular complexity index is 148. The molecule has 0 atom stereocenters. The van der Waals surface area contributed by atoms with Crippen molar-refractivity contribution in [2.45, 2.75) is 53.4 Å². The third kappa shape index (κ3) is 20.4. The first kappa shape index (κ1) is 26.3. The van der Waals surface area contributed by atoms with Crippen molar-refractivity contribution in [3.8, 4) is 0 Å². The van der Waals surface area contributed by atoms with Gasteiger partial charge in [0, 0.05) is 0 Å². The summed E-state index contributed by atoms with van der Waals surface area (Å²) in [5.41, 5.74) is 0. The summed E-state index contributed by atoms with van der Waals surface area (Å²) in [6.07, 6.45) is 3.78. The van der Waals surface area contributed by atoms with Crippen molar-refractivity contribution in [2.24, 2.45) is 0 Å². The van der Waals surface area contributed by atoms with E-state index in [9.17, 15) is 10.2 Å². The topological polar surface area (TPSA) is 52.6 Å². The van der Waals surface area contributed by atoms with Gasteiger partial charge >= 0.3 is 17.1 Å². The van der Waals surface area contributed by atoms with Gasteiger partial charge in [-0.2, -0.15) is 0 Å². The van der Waals surface area contributed by atoms with Crippen LogP contribution in [0.25, 0.3) is 0 Å². The molecule has 0 aromatic heterocycles. The monoisotopic (exact) mass is 351 g/mol. The molecule has 0 bridgehead atoms. The smallest absolute Gasteiger partial charge is 0.854 e. The molecule has 0 unspecified atom stereocenters. The molecule has 0 amide bonds. The SMILES string of the molecule is CCN(CC)CCCC[O-].CCN(CC)CCCC[O-].[Cu+2]. The molecule has 0 rings (SSSR count). The molecule has 1 radical (unpaired) electrons. The van der Waals surface area contributed by atoms with Gasteiger partial charge in [0.05, 0.1) is 0 Å². The van der Waals surface area contributed by atoms with E-state index < -0.39 is 0 Å². The molecule has 4 nitrogen and oxygen atoms in total. The van der Waals surface area contributed by atoms with Crippen LogP contribution in [-0.2, 0) is 17.1 Å². The van der Waals surface area contributed by atoms with Crippen molar-refractivity contribution in [3.05, 3.63) is 0 Å². The standard InChI is InChI=1S/2C8H18NO.Cu/c2*1-3-9(4-2)7-5-6-8-10;/h2*3-8H2,1-2H3;/q2*-1;+2. The average molecular weight is 352 g/mol. The Balaban J connectivity index is -0.000000295. The second-order valence-electron chi connectivity index (χ2n) is 4.88. The number of rotatable bonds is 12. The van der Waals surface area contributed by atoms with Crippen LogP contribution in [0.4, 0.5) is 0 Å². The van der Waals surface area contributed by atoms with E-state index in [2.05, 4.69) is 37.5 Å². The van der Waals surface area contributed by atoms with Gasteiger partial charge in [0.25, 0.3) is 0 Å². The number of nitrogens with zero attached hydrogens (tertiary/aromatic N) is 2. The molecule has 0 saturated carbocycles. The molecule has 0 aliphatic rings. The fourth-order valence-corrected chi connectivity index (χ4v) is 1.95. The molecule has 0 aromatic rings. The van der Waals surface area contributed by atoms with Crippen molar-refractivity contribution < 1.29 is 27.3 Å². The Morgan fingerprint density at radius 3 is 1.05 bits per heavy atom. The summed E-state index contributed by atoms with van der Waals surface area (Å²) in [6, 6.07) is 0. The summed E-state index contributed by atoms with van der Waals surface area (Å²) in [6.45, 7) is 15.4. The molecule has 0 aromatic carbocycles. The predicted molar refractivity (Wildman–Crippen MR) is 83.8 cm³/mol. The van der Waals surface area contributed by atoms with Gasteiger partial charge < -0.3 is 20.0 Å². The maximum absolute atomic E-state index is 10.1. The van der Waals surface area contributed by atoms with E-state index >= 15 is 0 Å². The van der Waals surface area contributed by atoms with Gasteiger partial charge in [-0.3, -0.25) is 0 Å². The molecule has 5 heteroatoms. The molecule has 133 valence electrons. The van der Waals surface area contributed by atoms with Crippen molar-refractivity contribution in [1.29, 1.82) is 0 Å². The molecule has 0 N–H and O–H groups in total. The minimum Gasteiger partial charge on any atom is -0.854 e. The number of hydrogen-bond acceptors (Lipinski definition) is 4. The maximum atomic E-state index is 10.1. The third-order valence-electron chi connectivity index (χ3n) is 3.53. The van der Waals surface area contributed by atoms with E-state index in [1.807, 2.05) is 0 Å². The van der Waals surface area contributed by atoms with Crippen LogP contribution >= 0.6 is 0 Å². The Morgan fingerprint density at radius 2 is 0.857 bits per heavy atom.